The second-order valence-corrected chi connectivity index (χ2v) is 6.16. The van der Waals surface area contributed by atoms with Gasteiger partial charge in [-0.1, -0.05) is 13.8 Å². The number of anilines is 1. The molecule has 3 rings (SSSR count). The summed E-state index contributed by atoms with van der Waals surface area (Å²) in [6.07, 6.45) is 3.25. The first kappa shape index (κ1) is 19.1. The molecule has 0 aliphatic carbocycles. The molecule has 25 heavy (non-hydrogen) atoms. The van der Waals surface area contributed by atoms with Crippen molar-refractivity contribution in [3.05, 3.63) is 22.4 Å². The molecule has 138 valence electrons. The maximum absolute atomic E-state index is 13.9. The molecular weight excluding hydrogens is 331 g/mol. The average molecular weight is 354 g/mol. The molecule has 1 saturated heterocycles. The summed E-state index contributed by atoms with van der Waals surface area (Å²) < 4.78 is 26.2. The quantitative estimate of drug-likeness (QED) is 0.807. The Morgan fingerprint density at radius 2 is 2.24 bits per heavy atom. The fourth-order valence-electron chi connectivity index (χ4n) is 2.55. The molecule has 0 radical (unpaired) electrons. The summed E-state index contributed by atoms with van der Waals surface area (Å²) in [6, 6.07) is 0. The third-order valence-corrected chi connectivity index (χ3v) is 3.67. The predicted molar refractivity (Wildman–Crippen MR) is 90.6 cm³/mol. The van der Waals surface area contributed by atoms with Gasteiger partial charge in [-0.2, -0.15) is 4.98 Å². The molecule has 2 atom stereocenters. The second kappa shape index (κ2) is 8.21. The maximum Gasteiger partial charge on any atom is 0.264 e. The van der Waals surface area contributed by atoms with Crippen molar-refractivity contribution < 1.29 is 18.7 Å². The molecule has 2 aromatic heterocycles. The zero-order chi connectivity index (χ0) is 18.6. The Labute approximate surface area is 144 Å². The summed E-state index contributed by atoms with van der Waals surface area (Å²) in [5.41, 5.74) is 5.13. The first-order valence-electron chi connectivity index (χ1n) is 8.02. The van der Waals surface area contributed by atoms with Gasteiger partial charge in [0, 0.05) is 19.2 Å². The van der Waals surface area contributed by atoms with Crippen LogP contribution in [0.3, 0.4) is 0 Å². The number of fused-ring (bicyclic) bond motifs is 1. The lowest BCUT2D eigenvalue weighted by molar-refractivity contribution is -0.110. The number of methoxy groups -OCH3 is 1. The molecule has 3 heterocycles. The van der Waals surface area contributed by atoms with Gasteiger partial charge in [0.1, 0.15) is 17.9 Å². The van der Waals surface area contributed by atoms with E-state index in [-0.39, 0.29) is 35.2 Å². The van der Waals surface area contributed by atoms with Crippen LogP contribution in [0.5, 0.6) is 0 Å². The largest absolute Gasteiger partial charge is 0.382 e. The Morgan fingerprint density at radius 3 is 2.84 bits per heavy atom. The predicted octanol–water partition coefficient (Wildman–Crippen LogP) is 1.61. The van der Waals surface area contributed by atoms with Crippen LogP contribution in [0.2, 0.25) is 0 Å². The first-order valence-corrected chi connectivity index (χ1v) is 8.02. The first-order chi connectivity index (χ1) is 11.9. The van der Waals surface area contributed by atoms with Gasteiger partial charge in [0.25, 0.3) is 5.56 Å². The summed E-state index contributed by atoms with van der Waals surface area (Å²) in [6.45, 7) is 4.19. The van der Waals surface area contributed by atoms with Gasteiger partial charge >= 0.3 is 0 Å². The van der Waals surface area contributed by atoms with E-state index in [1.165, 1.54) is 10.8 Å². The number of aromatic nitrogens is 3. The molecule has 8 nitrogen and oxygen atoms in total. The summed E-state index contributed by atoms with van der Waals surface area (Å²) in [5.74, 6) is -0.476. The van der Waals surface area contributed by atoms with E-state index >= 15 is 0 Å². The SMILES string of the molecule is CC(C)C=O.COCC1CCC(n2cc(F)c3c(=O)[nH]c(N)nc32)O1. The van der Waals surface area contributed by atoms with Crippen LogP contribution >= 0.6 is 0 Å². The van der Waals surface area contributed by atoms with Gasteiger partial charge in [-0.05, 0) is 12.8 Å². The number of nitrogens with zero attached hydrogens (tertiary/aromatic N) is 2. The van der Waals surface area contributed by atoms with Crippen molar-refractivity contribution in [3.8, 4) is 0 Å². The number of nitrogens with two attached hydrogens (primary N) is 1. The Bertz CT molecular complexity index is 786. The van der Waals surface area contributed by atoms with E-state index in [0.717, 1.165) is 12.7 Å². The third-order valence-electron chi connectivity index (χ3n) is 3.67. The minimum absolute atomic E-state index is 0.0372. The number of ether oxygens (including phenoxy) is 2. The van der Waals surface area contributed by atoms with E-state index in [4.69, 9.17) is 15.2 Å². The standard InChI is InChI=1S/C12H15FN4O3.C4H8O/c1-19-5-6-2-3-8(20-6)17-4-7(13)9-10(17)15-12(14)16-11(9)18;1-4(2)3-5/h4,6,8H,2-3,5H2,1H3,(H3,14,15,16,18);3-4H,1-2H3. The molecular formula is C16H23FN4O4. The van der Waals surface area contributed by atoms with Gasteiger partial charge in [-0.25, -0.2) is 4.39 Å². The topological polar surface area (TPSA) is 112 Å². The van der Waals surface area contributed by atoms with Crippen molar-refractivity contribution in [2.45, 2.75) is 39.0 Å². The fraction of sp³-hybridized carbons (Fsp3) is 0.562. The highest BCUT2D eigenvalue weighted by atomic mass is 19.1. The molecule has 1 fully saturated rings. The van der Waals surface area contributed by atoms with Crippen LogP contribution < -0.4 is 11.3 Å². The fourth-order valence-corrected chi connectivity index (χ4v) is 2.55. The maximum atomic E-state index is 13.9. The van der Waals surface area contributed by atoms with Crippen molar-refractivity contribution >= 4 is 23.3 Å². The van der Waals surface area contributed by atoms with E-state index < -0.39 is 11.4 Å². The highest BCUT2D eigenvalue weighted by Gasteiger charge is 2.29. The van der Waals surface area contributed by atoms with Gasteiger partial charge in [0.05, 0.1) is 12.7 Å². The van der Waals surface area contributed by atoms with Gasteiger partial charge in [0.2, 0.25) is 5.95 Å². The zero-order valence-corrected chi connectivity index (χ0v) is 14.5. The van der Waals surface area contributed by atoms with Crippen LogP contribution in [0, 0.1) is 11.7 Å². The Morgan fingerprint density at radius 1 is 1.56 bits per heavy atom. The minimum atomic E-state index is -0.632. The lowest BCUT2D eigenvalue weighted by Gasteiger charge is -2.15. The number of carbonyl (C=O) groups is 1. The number of halogens is 1. The molecule has 1 aliphatic rings. The molecule has 0 amide bonds. The number of aldehydes is 1. The molecule has 1 aliphatic heterocycles. The monoisotopic (exact) mass is 354 g/mol. The van der Waals surface area contributed by atoms with E-state index in [9.17, 15) is 14.0 Å². The number of rotatable bonds is 4. The van der Waals surface area contributed by atoms with Gasteiger partial charge < -0.3 is 24.6 Å². The lowest BCUT2D eigenvalue weighted by atomic mass is 10.2. The Hall–Kier alpha value is -2.26. The van der Waals surface area contributed by atoms with Gasteiger partial charge in [0.15, 0.2) is 11.5 Å². The smallest absolute Gasteiger partial charge is 0.264 e. The van der Waals surface area contributed by atoms with Crippen LogP contribution in [0.15, 0.2) is 11.0 Å². The number of hydrogen-bond acceptors (Lipinski definition) is 6. The van der Waals surface area contributed by atoms with Crippen molar-refractivity contribution in [2.75, 3.05) is 19.5 Å². The zero-order valence-electron chi connectivity index (χ0n) is 14.5. The number of carbonyl (C=O) groups excluding carboxylic acids is 1. The summed E-state index contributed by atoms with van der Waals surface area (Å²) >= 11 is 0. The molecule has 2 aromatic rings. The van der Waals surface area contributed by atoms with Crippen LogP contribution in [0.25, 0.3) is 11.0 Å². The molecule has 0 bridgehead atoms. The summed E-state index contributed by atoms with van der Waals surface area (Å²) in [7, 11) is 1.60. The summed E-state index contributed by atoms with van der Waals surface area (Å²) in [5, 5.41) is -0.0991. The van der Waals surface area contributed by atoms with E-state index in [1.54, 1.807) is 7.11 Å². The van der Waals surface area contributed by atoms with Crippen molar-refractivity contribution in [3.63, 3.8) is 0 Å². The van der Waals surface area contributed by atoms with E-state index in [2.05, 4.69) is 9.97 Å². The molecule has 0 aromatic carbocycles. The highest BCUT2D eigenvalue weighted by molar-refractivity contribution is 5.76. The molecule has 3 N–H and O–H groups in total. The van der Waals surface area contributed by atoms with Crippen LogP contribution in [-0.2, 0) is 14.3 Å². The number of nitrogens with one attached hydrogen (secondary N) is 1. The van der Waals surface area contributed by atoms with Crippen LogP contribution in [0.1, 0.15) is 32.9 Å². The molecule has 0 spiro atoms. The number of nitrogen functional groups attached to an aromatic ring is 1. The normalized spacial score (nSPS) is 19.9. The van der Waals surface area contributed by atoms with Crippen LogP contribution in [0.4, 0.5) is 10.3 Å². The Balaban J connectivity index is 0.000000399. The molecule has 0 saturated carbocycles. The van der Waals surface area contributed by atoms with E-state index in [0.29, 0.717) is 13.0 Å². The van der Waals surface area contributed by atoms with Crippen molar-refractivity contribution in [1.82, 2.24) is 14.5 Å². The second-order valence-electron chi connectivity index (χ2n) is 6.16. The van der Waals surface area contributed by atoms with Crippen LogP contribution in [-0.4, -0.2) is 40.6 Å². The van der Waals surface area contributed by atoms with Gasteiger partial charge in [-0.15, -0.1) is 0 Å². The van der Waals surface area contributed by atoms with Crippen molar-refractivity contribution in [2.24, 2.45) is 5.92 Å². The molecule has 2 unspecified atom stereocenters. The minimum Gasteiger partial charge on any atom is -0.382 e. The van der Waals surface area contributed by atoms with Gasteiger partial charge in [-0.3, -0.25) is 9.78 Å². The molecule has 9 heteroatoms. The number of hydrogen-bond donors (Lipinski definition) is 2. The number of H-pyrrole nitrogens is 1. The Kier molecular flexibility index (Phi) is 6.27. The van der Waals surface area contributed by atoms with Crippen molar-refractivity contribution in [1.29, 1.82) is 0 Å². The average Bonchev–Trinajstić information content (AvgIpc) is 3.13. The highest BCUT2D eigenvalue weighted by Crippen LogP contribution is 2.31. The third kappa shape index (κ3) is 4.43. The summed E-state index contributed by atoms with van der Waals surface area (Å²) in [4.78, 5) is 27.5. The van der Waals surface area contributed by atoms with E-state index in [1.807, 2.05) is 13.8 Å². The number of aromatic amines is 1. The lowest BCUT2D eigenvalue weighted by Crippen LogP contribution is -2.16.